The van der Waals surface area contributed by atoms with Crippen LogP contribution in [0.25, 0.3) is 17.2 Å². The number of hydrogen-bond donors (Lipinski definition) is 1. The Morgan fingerprint density at radius 1 is 1.07 bits per heavy atom. The van der Waals surface area contributed by atoms with Crippen LogP contribution in [0.3, 0.4) is 0 Å². The monoisotopic (exact) mass is 444 g/mol. The van der Waals surface area contributed by atoms with Gasteiger partial charge in [-0.25, -0.2) is 4.68 Å². The summed E-state index contributed by atoms with van der Waals surface area (Å²) in [6.45, 7) is 3.85. The molecular weight excluding hydrogens is 431 g/mol. The van der Waals surface area contributed by atoms with Gasteiger partial charge in [0, 0.05) is 27.1 Å². The minimum atomic E-state index is -0.292. The molecular formula is C19H14Cl2N6OS. The van der Waals surface area contributed by atoms with Crippen LogP contribution in [0.4, 0.5) is 5.13 Å². The molecule has 1 N–H and O–H groups in total. The molecule has 0 radical (unpaired) electrons. The van der Waals surface area contributed by atoms with E-state index in [1.54, 1.807) is 28.9 Å². The zero-order valence-corrected chi connectivity index (χ0v) is 17.7. The predicted octanol–water partition coefficient (Wildman–Crippen LogP) is 4.96. The lowest BCUT2D eigenvalue weighted by Gasteiger charge is -2.07. The van der Waals surface area contributed by atoms with Gasteiger partial charge in [0.1, 0.15) is 0 Å². The smallest absolute Gasteiger partial charge is 0.257 e. The second-order valence-electron chi connectivity index (χ2n) is 6.25. The molecule has 2 heterocycles. The van der Waals surface area contributed by atoms with Crippen molar-refractivity contribution in [1.82, 2.24) is 24.4 Å². The lowest BCUT2D eigenvalue weighted by Crippen LogP contribution is -2.11. The number of nitrogens with one attached hydrogen (secondary N) is 1. The fourth-order valence-corrected chi connectivity index (χ4v) is 3.57. The van der Waals surface area contributed by atoms with E-state index in [0.717, 1.165) is 28.5 Å². The van der Waals surface area contributed by atoms with Gasteiger partial charge in [-0.1, -0.05) is 34.5 Å². The van der Waals surface area contributed by atoms with E-state index in [1.807, 2.05) is 32.0 Å². The van der Waals surface area contributed by atoms with Gasteiger partial charge in [-0.2, -0.15) is 9.36 Å². The van der Waals surface area contributed by atoms with E-state index < -0.39 is 0 Å². The summed E-state index contributed by atoms with van der Waals surface area (Å²) >= 11 is 13.0. The molecule has 0 aliphatic rings. The molecule has 10 heteroatoms. The molecule has 0 atom stereocenters. The Hall–Kier alpha value is -2.81. The van der Waals surface area contributed by atoms with E-state index in [2.05, 4.69) is 25.0 Å². The van der Waals surface area contributed by atoms with Crippen molar-refractivity contribution in [3.05, 3.63) is 69.3 Å². The van der Waals surface area contributed by atoms with Gasteiger partial charge in [0.05, 0.1) is 11.4 Å². The Morgan fingerprint density at radius 3 is 2.55 bits per heavy atom. The summed E-state index contributed by atoms with van der Waals surface area (Å²) < 4.78 is 6.01. The summed E-state index contributed by atoms with van der Waals surface area (Å²) in [7, 11) is 0. The molecule has 146 valence electrons. The lowest BCUT2D eigenvalue weighted by molar-refractivity contribution is 0.102. The molecule has 4 rings (SSSR count). The highest BCUT2D eigenvalue weighted by molar-refractivity contribution is 7.10. The molecule has 29 heavy (non-hydrogen) atoms. The number of nitrogens with zero attached hydrogens (tertiary/aromatic N) is 5. The summed E-state index contributed by atoms with van der Waals surface area (Å²) in [4.78, 5) is 16.7. The number of carbonyl (C=O) groups is 1. The zero-order chi connectivity index (χ0) is 20.5. The van der Waals surface area contributed by atoms with E-state index in [-0.39, 0.29) is 5.91 Å². The molecule has 0 aliphatic carbocycles. The van der Waals surface area contributed by atoms with E-state index in [4.69, 9.17) is 23.2 Å². The van der Waals surface area contributed by atoms with Crippen molar-refractivity contribution in [3.63, 3.8) is 0 Å². The van der Waals surface area contributed by atoms with Crippen LogP contribution in [0.1, 0.15) is 21.6 Å². The Kier molecular flexibility index (Phi) is 5.31. The highest BCUT2D eigenvalue weighted by atomic mass is 35.5. The third-order valence-electron chi connectivity index (χ3n) is 4.26. The van der Waals surface area contributed by atoms with E-state index in [1.165, 1.54) is 0 Å². The molecule has 0 saturated carbocycles. The van der Waals surface area contributed by atoms with Crippen LogP contribution in [-0.4, -0.2) is 30.3 Å². The molecule has 2 aromatic carbocycles. The molecule has 2 aromatic heterocycles. The highest BCUT2D eigenvalue weighted by Gasteiger charge is 2.18. The molecule has 7 nitrogen and oxygen atoms in total. The number of hydrogen-bond acceptors (Lipinski definition) is 6. The average molecular weight is 445 g/mol. The minimum absolute atomic E-state index is 0.292. The Morgan fingerprint density at radius 2 is 1.79 bits per heavy atom. The summed E-state index contributed by atoms with van der Waals surface area (Å²) in [5.74, 6) is 0.101. The molecule has 0 saturated heterocycles. The molecule has 0 aliphatic heterocycles. The third kappa shape index (κ3) is 4.00. The van der Waals surface area contributed by atoms with Gasteiger partial charge >= 0.3 is 0 Å². The number of halogens is 2. The normalized spacial score (nSPS) is 10.9. The van der Waals surface area contributed by atoms with Crippen molar-refractivity contribution < 1.29 is 4.79 Å². The van der Waals surface area contributed by atoms with E-state index >= 15 is 0 Å². The van der Waals surface area contributed by atoms with Crippen molar-refractivity contribution in [3.8, 4) is 17.2 Å². The summed E-state index contributed by atoms with van der Waals surface area (Å²) in [6.07, 6.45) is 0. The van der Waals surface area contributed by atoms with Crippen LogP contribution in [0.5, 0.6) is 0 Å². The number of anilines is 1. The number of amides is 1. The number of aryl methyl sites for hydroxylation is 1. The summed E-state index contributed by atoms with van der Waals surface area (Å²) in [5, 5.41) is 12.7. The molecule has 4 aromatic rings. The molecule has 0 unspecified atom stereocenters. The van der Waals surface area contributed by atoms with Gasteiger partial charge in [0.2, 0.25) is 5.13 Å². The Balaban J connectivity index is 1.59. The zero-order valence-electron chi connectivity index (χ0n) is 15.3. The van der Waals surface area contributed by atoms with Crippen molar-refractivity contribution >= 4 is 45.8 Å². The number of benzene rings is 2. The first-order valence-corrected chi connectivity index (χ1v) is 10.0. The standard InChI is InChI=1S/C19H14Cl2N6OS/c1-10-3-6-14(21)9-15(10)27-11(2)16(24-26-27)17-22-19(29-25-17)23-18(28)12-4-7-13(20)8-5-12/h3-9H,1-2H3,(H,22,23,25,28). The largest absolute Gasteiger partial charge is 0.297 e. The molecule has 1 amide bonds. The second kappa shape index (κ2) is 7.90. The predicted molar refractivity (Wildman–Crippen MR) is 114 cm³/mol. The Labute approximate surface area is 180 Å². The quantitative estimate of drug-likeness (QED) is 0.480. The van der Waals surface area contributed by atoms with Crippen LogP contribution < -0.4 is 5.32 Å². The van der Waals surface area contributed by atoms with Gasteiger partial charge in [-0.3, -0.25) is 10.1 Å². The number of aromatic nitrogens is 5. The van der Waals surface area contributed by atoms with Crippen molar-refractivity contribution in [2.45, 2.75) is 13.8 Å². The van der Waals surface area contributed by atoms with Gasteiger partial charge in [-0.05, 0) is 55.8 Å². The summed E-state index contributed by atoms with van der Waals surface area (Å²) in [6, 6.07) is 12.2. The first-order valence-electron chi connectivity index (χ1n) is 8.52. The molecule has 0 fully saturated rings. The lowest BCUT2D eigenvalue weighted by atomic mass is 10.2. The molecule has 0 bridgehead atoms. The number of rotatable bonds is 4. The first-order chi connectivity index (χ1) is 13.9. The topological polar surface area (TPSA) is 85.6 Å². The van der Waals surface area contributed by atoms with Crippen LogP contribution in [0, 0.1) is 13.8 Å². The summed E-state index contributed by atoms with van der Waals surface area (Å²) in [5.41, 5.74) is 3.62. The van der Waals surface area contributed by atoms with Crippen molar-refractivity contribution in [1.29, 1.82) is 0 Å². The fourth-order valence-electron chi connectivity index (χ4n) is 2.72. The Bertz CT molecular complexity index is 1200. The van der Waals surface area contributed by atoms with Crippen molar-refractivity contribution in [2.75, 3.05) is 5.32 Å². The minimum Gasteiger partial charge on any atom is -0.297 e. The average Bonchev–Trinajstić information content (AvgIpc) is 3.30. The van der Waals surface area contributed by atoms with Gasteiger partial charge in [-0.15, -0.1) is 5.10 Å². The maximum atomic E-state index is 12.3. The van der Waals surface area contributed by atoms with Gasteiger partial charge < -0.3 is 0 Å². The second-order valence-corrected chi connectivity index (χ2v) is 7.87. The van der Waals surface area contributed by atoms with Gasteiger partial charge in [0.25, 0.3) is 5.91 Å². The maximum Gasteiger partial charge on any atom is 0.257 e. The van der Waals surface area contributed by atoms with E-state index in [9.17, 15) is 4.79 Å². The van der Waals surface area contributed by atoms with Crippen LogP contribution in [0.15, 0.2) is 42.5 Å². The molecule has 0 spiro atoms. The first kappa shape index (κ1) is 19.5. The maximum absolute atomic E-state index is 12.3. The van der Waals surface area contributed by atoms with Crippen LogP contribution >= 0.6 is 34.7 Å². The van der Waals surface area contributed by atoms with E-state index in [0.29, 0.717) is 32.3 Å². The third-order valence-corrected chi connectivity index (χ3v) is 5.38. The number of carbonyl (C=O) groups excluding carboxylic acids is 1. The highest BCUT2D eigenvalue weighted by Crippen LogP contribution is 2.26. The van der Waals surface area contributed by atoms with Crippen LogP contribution in [-0.2, 0) is 0 Å². The van der Waals surface area contributed by atoms with Crippen LogP contribution in [0.2, 0.25) is 10.0 Å². The SMILES string of the molecule is Cc1ccc(Cl)cc1-n1nnc(-c2nsc(NC(=O)c3ccc(Cl)cc3)n2)c1C. The van der Waals surface area contributed by atoms with Crippen molar-refractivity contribution in [2.24, 2.45) is 0 Å². The fraction of sp³-hybridized carbons (Fsp3) is 0.105. The van der Waals surface area contributed by atoms with Gasteiger partial charge in [0.15, 0.2) is 11.5 Å².